The van der Waals surface area contributed by atoms with Gasteiger partial charge in [0.1, 0.15) is 6.33 Å². The predicted molar refractivity (Wildman–Crippen MR) is 101 cm³/mol. The number of nitrogens with zero attached hydrogens (tertiary/aromatic N) is 6. The minimum atomic E-state index is 0.0579. The van der Waals surface area contributed by atoms with E-state index in [1.54, 1.807) is 22.3 Å². The van der Waals surface area contributed by atoms with Crippen molar-refractivity contribution in [3.05, 3.63) is 47.1 Å². The molecule has 1 amide bonds. The van der Waals surface area contributed by atoms with E-state index in [4.69, 9.17) is 0 Å². The Morgan fingerprint density at radius 3 is 2.58 bits per heavy atom. The zero-order valence-electron chi connectivity index (χ0n) is 14.8. The van der Waals surface area contributed by atoms with Gasteiger partial charge in [-0.2, -0.15) is 0 Å². The van der Waals surface area contributed by atoms with Crippen molar-refractivity contribution in [1.29, 1.82) is 0 Å². The number of hydrogen-bond donors (Lipinski definition) is 0. The number of piperazine rings is 1. The highest BCUT2D eigenvalue weighted by molar-refractivity contribution is 7.15. The highest BCUT2D eigenvalue weighted by atomic mass is 32.1. The second-order valence-electron chi connectivity index (χ2n) is 6.53. The first-order chi connectivity index (χ1) is 12.6. The van der Waals surface area contributed by atoms with Gasteiger partial charge in [-0.3, -0.25) is 4.79 Å². The number of likely N-dealkylation sites (N-methyl/N-ethyl adjacent to an activating group) is 1. The van der Waals surface area contributed by atoms with Gasteiger partial charge in [0.25, 0.3) is 5.91 Å². The third kappa shape index (κ3) is 3.38. The molecular weight excluding hydrogens is 348 g/mol. The van der Waals surface area contributed by atoms with Gasteiger partial charge < -0.3 is 9.80 Å². The Labute approximate surface area is 155 Å². The van der Waals surface area contributed by atoms with Crippen LogP contribution in [0.2, 0.25) is 0 Å². The Morgan fingerprint density at radius 1 is 1.12 bits per heavy atom. The van der Waals surface area contributed by atoms with E-state index >= 15 is 0 Å². The molecule has 1 aromatic carbocycles. The first-order valence-corrected chi connectivity index (χ1v) is 9.35. The summed E-state index contributed by atoms with van der Waals surface area (Å²) in [4.78, 5) is 19.6. The number of hydrogen-bond acceptors (Lipinski definition) is 6. The largest absolute Gasteiger partial charge is 0.336 e. The van der Waals surface area contributed by atoms with Crippen LogP contribution < -0.4 is 0 Å². The molecule has 3 heterocycles. The van der Waals surface area contributed by atoms with E-state index in [0.717, 1.165) is 42.3 Å². The molecule has 0 unspecified atom stereocenters. The summed E-state index contributed by atoms with van der Waals surface area (Å²) in [5, 5.41) is 11.4. The summed E-state index contributed by atoms with van der Waals surface area (Å²) in [7, 11) is 2.08. The number of aryl methyl sites for hydroxylation is 1. The number of benzene rings is 1. The molecule has 0 aliphatic carbocycles. The van der Waals surface area contributed by atoms with Crippen LogP contribution in [0.25, 0.3) is 16.1 Å². The third-order valence-corrected chi connectivity index (χ3v) is 5.64. The van der Waals surface area contributed by atoms with Crippen molar-refractivity contribution in [2.24, 2.45) is 0 Å². The maximum absolute atomic E-state index is 13.1. The summed E-state index contributed by atoms with van der Waals surface area (Å²) >= 11 is 1.71. The SMILES string of the molecule is Cc1ccc(-c2cc(C(=O)N3CCN(C)CC3)cc(-n3cnnn3)c2)s1. The number of rotatable bonds is 3. The standard InChI is InChI=1S/C18H20N6OS/c1-13-3-4-17(26-13)14-9-15(11-16(10-14)24-12-19-20-21-24)18(25)23-7-5-22(2)6-8-23/h3-4,9-12H,5-8H2,1-2H3. The first-order valence-electron chi connectivity index (χ1n) is 8.53. The van der Waals surface area contributed by atoms with Crippen LogP contribution in [0.4, 0.5) is 0 Å². The zero-order chi connectivity index (χ0) is 18.1. The predicted octanol–water partition coefficient (Wildman–Crippen LogP) is 2.09. The molecule has 134 valence electrons. The third-order valence-electron chi connectivity index (χ3n) is 4.59. The Kier molecular flexibility index (Phi) is 4.52. The van der Waals surface area contributed by atoms with E-state index in [2.05, 4.69) is 46.5 Å². The summed E-state index contributed by atoms with van der Waals surface area (Å²) in [6.45, 7) is 5.37. The van der Waals surface area contributed by atoms with Crippen molar-refractivity contribution in [1.82, 2.24) is 30.0 Å². The van der Waals surface area contributed by atoms with Crippen molar-refractivity contribution < 1.29 is 4.79 Å². The lowest BCUT2D eigenvalue weighted by Crippen LogP contribution is -2.47. The summed E-state index contributed by atoms with van der Waals surface area (Å²) in [6.07, 6.45) is 1.54. The Balaban J connectivity index is 1.73. The molecule has 0 atom stereocenters. The van der Waals surface area contributed by atoms with Gasteiger partial charge in [-0.05, 0) is 60.3 Å². The van der Waals surface area contributed by atoms with Crippen LogP contribution in [-0.2, 0) is 0 Å². The van der Waals surface area contributed by atoms with Crippen molar-refractivity contribution >= 4 is 17.2 Å². The average Bonchev–Trinajstić information content (AvgIpc) is 3.33. The summed E-state index contributed by atoms with van der Waals surface area (Å²) in [5.74, 6) is 0.0579. The van der Waals surface area contributed by atoms with Gasteiger partial charge in [0, 0.05) is 41.5 Å². The molecule has 1 aliphatic rings. The number of carbonyl (C=O) groups excluding carboxylic acids is 1. The smallest absolute Gasteiger partial charge is 0.254 e. The highest BCUT2D eigenvalue weighted by Gasteiger charge is 2.22. The molecule has 1 saturated heterocycles. The Hall–Kier alpha value is -2.58. The number of thiophene rings is 1. The van der Waals surface area contributed by atoms with Crippen molar-refractivity contribution in [2.45, 2.75) is 6.92 Å². The van der Waals surface area contributed by atoms with Crippen molar-refractivity contribution in [2.75, 3.05) is 33.2 Å². The summed E-state index contributed by atoms with van der Waals surface area (Å²) in [5.41, 5.74) is 2.47. The second-order valence-corrected chi connectivity index (χ2v) is 7.82. The first kappa shape index (κ1) is 16.9. The molecular formula is C18H20N6OS. The molecule has 8 heteroatoms. The van der Waals surface area contributed by atoms with Crippen LogP contribution in [0.3, 0.4) is 0 Å². The van der Waals surface area contributed by atoms with Gasteiger partial charge in [-0.1, -0.05) is 0 Å². The maximum atomic E-state index is 13.1. The molecule has 1 fully saturated rings. The lowest BCUT2D eigenvalue weighted by molar-refractivity contribution is 0.0664. The lowest BCUT2D eigenvalue weighted by Gasteiger charge is -2.32. The van der Waals surface area contributed by atoms with E-state index in [-0.39, 0.29) is 5.91 Å². The van der Waals surface area contributed by atoms with Crippen LogP contribution in [0.1, 0.15) is 15.2 Å². The molecule has 0 radical (unpaired) electrons. The van der Waals surface area contributed by atoms with Gasteiger partial charge in [0.15, 0.2) is 0 Å². The van der Waals surface area contributed by atoms with Crippen LogP contribution in [0.5, 0.6) is 0 Å². The summed E-state index contributed by atoms with van der Waals surface area (Å²) < 4.78 is 1.59. The van der Waals surface area contributed by atoms with Gasteiger partial charge in [0.2, 0.25) is 0 Å². The minimum absolute atomic E-state index is 0.0579. The van der Waals surface area contributed by atoms with Gasteiger partial charge in [-0.25, -0.2) is 4.68 Å². The van der Waals surface area contributed by atoms with E-state index < -0.39 is 0 Å². The molecule has 7 nitrogen and oxygen atoms in total. The van der Waals surface area contributed by atoms with E-state index in [9.17, 15) is 4.79 Å². The van der Waals surface area contributed by atoms with E-state index in [1.807, 2.05) is 23.1 Å². The lowest BCUT2D eigenvalue weighted by atomic mass is 10.1. The number of tetrazole rings is 1. The molecule has 0 N–H and O–H groups in total. The normalized spacial score (nSPS) is 15.4. The van der Waals surface area contributed by atoms with Crippen LogP contribution in [0.15, 0.2) is 36.7 Å². The van der Waals surface area contributed by atoms with Crippen molar-refractivity contribution in [3.63, 3.8) is 0 Å². The Bertz CT molecular complexity index is 912. The molecule has 0 saturated carbocycles. The monoisotopic (exact) mass is 368 g/mol. The number of amides is 1. The molecule has 26 heavy (non-hydrogen) atoms. The zero-order valence-corrected chi connectivity index (χ0v) is 15.6. The molecule has 0 spiro atoms. The van der Waals surface area contributed by atoms with Crippen LogP contribution in [-0.4, -0.2) is 69.1 Å². The number of carbonyl (C=O) groups is 1. The van der Waals surface area contributed by atoms with Gasteiger partial charge >= 0.3 is 0 Å². The van der Waals surface area contributed by atoms with Crippen LogP contribution >= 0.6 is 11.3 Å². The van der Waals surface area contributed by atoms with Crippen molar-refractivity contribution in [3.8, 4) is 16.1 Å². The topological polar surface area (TPSA) is 67.2 Å². The summed E-state index contributed by atoms with van der Waals surface area (Å²) in [6, 6.07) is 10.0. The average molecular weight is 368 g/mol. The molecule has 0 bridgehead atoms. The highest BCUT2D eigenvalue weighted by Crippen LogP contribution is 2.30. The molecule has 2 aromatic heterocycles. The molecule has 3 aromatic rings. The fourth-order valence-corrected chi connectivity index (χ4v) is 3.93. The molecule has 1 aliphatic heterocycles. The fourth-order valence-electron chi connectivity index (χ4n) is 3.07. The quantitative estimate of drug-likeness (QED) is 0.708. The van der Waals surface area contributed by atoms with Gasteiger partial charge in [0.05, 0.1) is 5.69 Å². The van der Waals surface area contributed by atoms with Crippen LogP contribution in [0, 0.1) is 6.92 Å². The van der Waals surface area contributed by atoms with Gasteiger partial charge in [-0.15, -0.1) is 16.4 Å². The van der Waals surface area contributed by atoms with E-state index in [1.165, 1.54) is 4.88 Å². The second kappa shape index (κ2) is 6.97. The fraction of sp³-hybridized carbons (Fsp3) is 0.333. The van der Waals surface area contributed by atoms with E-state index in [0.29, 0.717) is 5.56 Å². The molecule has 4 rings (SSSR count). The Morgan fingerprint density at radius 2 is 1.92 bits per heavy atom. The number of aromatic nitrogens is 4. The minimum Gasteiger partial charge on any atom is -0.336 e. The maximum Gasteiger partial charge on any atom is 0.254 e.